The number of benzene rings is 2. The Hall–Kier alpha value is -2.04. The monoisotopic (exact) mass is 344 g/mol. The van der Waals surface area contributed by atoms with Crippen LogP contribution < -0.4 is 4.74 Å². The zero-order valence-corrected chi connectivity index (χ0v) is 14.2. The fourth-order valence-electron chi connectivity index (χ4n) is 3.13. The van der Waals surface area contributed by atoms with E-state index in [4.69, 9.17) is 14.5 Å². The van der Waals surface area contributed by atoms with Gasteiger partial charge in [-0.2, -0.15) is 0 Å². The summed E-state index contributed by atoms with van der Waals surface area (Å²) >= 11 is 0. The molecule has 1 unspecified atom stereocenters. The van der Waals surface area contributed by atoms with E-state index in [2.05, 4.69) is 22.8 Å². The highest BCUT2D eigenvalue weighted by Crippen LogP contribution is 2.30. The van der Waals surface area contributed by atoms with Crippen molar-refractivity contribution in [2.24, 2.45) is 0 Å². The topological polar surface area (TPSA) is 36.3 Å². The van der Waals surface area contributed by atoms with Crippen molar-refractivity contribution in [3.05, 3.63) is 60.4 Å². The number of nitrogens with zero attached hydrogens (tertiary/aromatic N) is 2. The zero-order chi connectivity index (χ0) is 15.5. The Morgan fingerprint density at radius 1 is 1.08 bits per heavy atom. The molecule has 5 heteroatoms. The molecule has 0 aliphatic carbocycles. The molecule has 0 N–H and O–H groups in total. The molecule has 3 aromatic rings. The van der Waals surface area contributed by atoms with Crippen LogP contribution in [0.4, 0.5) is 0 Å². The Labute approximate surface area is 147 Å². The van der Waals surface area contributed by atoms with Crippen LogP contribution in [0.25, 0.3) is 11.0 Å². The molecule has 2 aromatic carbocycles. The first-order valence-corrected chi connectivity index (χ1v) is 8.16. The lowest BCUT2D eigenvalue weighted by Gasteiger charge is -2.14. The largest absolute Gasteiger partial charge is 0.492 e. The highest BCUT2D eigenvalue weighted by molar-refractivity contribution is 5.85. The summed E-state index contributed by atoms with van der Waals surface area (Å²) in [6.07, 6.45) is 2.26. The number of fused-ring (bicyclic) bond motifs is 1. The molecule has 1 aliphatic rings. The van der Waals surface area contributed by atoms with Gasteiger partial charge in [0.25, 0.3) is 0 Å². The Morgan fingerprint density at radius 3 is 2.67 bits per heavy atom. The van der Waals surface area contributed by atoms with Gasteiger partial charge in [0.05, 0.1) is 17.6 Å². The molecular weight excluding hydrogens is 324 g/mol. The van der Waals surface area contributed by atoms with Crippen molar-refractivity contribution in [1.82, 2.24) is 9.55 Å². The summed E-state index contributed by atoms with van der Waals surface area (Å²) in [5.74, 6) is 1.93. The number of halogens is 1. The van der Waals surface area contributed by atoms with E-state index in [1.165, 1.54) is 0 Å². The minimum atomic E-state index is 0. The fraction of sp³-hybridized carbons (Fsp3) is 0.316. The van der Waals surface area contributed by atoms with E-state index in [0.29, 0.717) is 6.61 Å². The first-order chi connectivity index (χ1) is 11.4. The average Bonchev–Trinajstić information content (AvgIpc) is 3.24. The van der Waals surface area contributed by atoms with Gasteiger partial charge in [0.1, 0.15) is 24.3 Å². The molecule has 1 atom stereocenters. The second-order valence-electron chi connectivity index (χ2n) is 5.77. The van der Waals surface area contributed by atoms with Gasteiger partial charge in [-0.3, -0.25) is 0 Å². The number of hydrogen-bond acceptors (Lipinski definition) is 3. The molecule has 24 heavy (non-hydrogen) atoms. The molecule has 1 saturated heterocycles. The van der Waals surface area contributed by atoms with E-state index in [1.807, 2.05) is 36.4 Å². The van der Waals surface area contributed by atoms with Gasteiger partial charge in [0.15, 0.2) is 0 Å². The lowest BCUT2D eigenvalue weighted by atomic mass is 10.2. The van der Waals surface area contributed by atoms with Crippen LogP contribution in [0, 0.1) is 0 Å². The van der Waals surface area contributed by atoms with Gasteiger partial charge in [-0.05, 0) is 37.1 Å². The van der Waals surface area contributed by atoms with E-state index >= 15 is 0 Å². The second kappa shape index (κ2) is 7.69. The molecular formula is C19H21ClN2O2. The first kappa shape index (κ1) is 16.8. The van der Waals surface area contributed by atoms with Gasteiger partial charge in [-0.25, -0.2) is 4.98 Å². The van der Waals surface area contributed by atoms with Gasteiger partial charge >= 0.3 is 0 Å². The SMILES string of the molecule is Cl.c1ccc(OCCn2c(C3CCCO3)nc3ccccc32)cc1. The van der Waals surface area contributed by atoms with E-state index < -0.39 is 0 Å². The molecule has 4 rings (SSSR count). The molecule has 0 radical (unpaired) electrons. The van der Waals surface area contributed by atoms with E-state index in [9.17, 15) is 0 Å². The molecule has 0 bridgehead atoms. The van der Waals surface area contributed by atoms with Crippen LogP contribution in [0.2, 0.25) is 0 Å². The summed E-state index contributed by atoms with van der Waals surface area (Å²) in [6, 6.07) is 18.2. The minimum Gasteiger partial charge on any atom is -0.492 e. The standard InChI is InChI=1S/C19H20N2O2.ClH/c1-2-7-15(8-3-1)22-14-12-21-17-10-5-4-9-16(17)20-19(21)18-11-6-13-23-18;/h1-5,7-10,18H,6,11-14H2;1H. The maximum Gasteiger partial charge on any atom is 0.139 e. The summed E-state index contributed by atoms with van der Waals surface area (Å²) in [5, 5.41) is 0. The highest BCUT2D eigenvalue weighted by atomic mass is 35.5. The summed E-state index contributed by atoms with van der Waals surface area (Å²) in [4.78, 5) is 4.80. The van der Waals surface area contributed by atoms with Gasteiger partial charge in [0, 0.05) is 6.61 Å². The van der Waals surface area contributed by atoms with E-state index in [1.54, 1.807) is 0 Å². The van der Waals surface area contributed by atoms with Gasteiger partial charge in [-0.15, -0.1) is 12.4 Å². The highest BCUT2D eigenvalue weighted by Gasteiger charge is 2.24. The minimum absolute atomic E-state index is 0. The normalized spacial score (nSPS) is 16.9. The van der Waals surface area contributed by atoms with Crippen LogP contribution in [0.15, 0.2) is 54.6 Å². The first-order valence-electron chi connectivity index (χ1n) is 8.16. The third kappa shape index (κ3) is 3.40. The maximum absolute atomic E-state index is 5.86. The summed E-state index contributed by atoms with van der Waals surface area (Å²) in [5.41, 5.74) is 2.17. The van der Waals surface area contributed by atoms with Gasteiger partial charge in [0.2, 0.25) is 0 Å². The second-order valence-corrected chi connectivity index (χ2v) is 5.77. The van der Waals surface area contributed by atoms with Gasteiger partial charge in [-0.1, -0.05) is 30.3 Å². The molecule has 126 valence electrons. The molecule has 4 nitrogen and oxygen atoms in total. The van der Waals surface area contributed by atoms with Crippen molar-refractivity contribution in [2.45, 2.75) is 25.5 Å². The molecule has 1 aliphatic heterocycles. The lowest BCUT2D eigenvalue weighted by Crippen LogP contribution is -2.13. The van der Waals surface area contributed by atoms with Crippen molar-refractivity contribution in [3.8, 4) is 5.75 Å². The smallest absolute Gasteiger partial charge is 0.139 e. The van der Waals surface area contributed by atoms with Crippen molar-refractivity contribution in [3.63, 3.8) is 0 Å². The summed E-state index contributed by atoms with van der Waals surface area (Å²) < 4.78 is 14.0. The third-order valence-corrected chi connectivity index (χ3v) is 4.23. The Morgan fingerprint density at radius 2 is 1.88 bits per heavy atom. The quantitative estimate of drug-likeness (QED) is 0.688. The molecule has 0 saturated carbocycles. The average molecular weight is 345 g/mol. The van der Waals surface area contributed by atoms with Crippen LogP contribution in [0.1, 0.15) is 24.8 Å². The van der Waals surface area contributed by atoms with Crippen molar-refractivity contribution < 1.29 is 9.47 Å². The summed E-state index contributed by atoms with van der Waals surface area (Å²) in [6.45, 7) is 2.21. The van der Waals surface area contributed by atoms with Crippen molar-refractivity contribution in [1.29, 1.82) is 0 Å². The van der Waals surface area contributed by atoms with Crippen LogP contribution in [-0.4, -0.2) is 22.8 Å². The number of aromatic nitrogens is 2. The number of imidazole rings is 1. The van der Waals surface area contributed by atoms with Crippen LogP contribution in [0.3, 0.4) is 0 Å². The fourth-order valence-corrected chi connectivity index (χ4v) is 3.13. The number of para-hydroxylation sites is 3. The van der Waals surface area contributed by atoms with Crippen LogP contribution >= 0.6 is 12.4 Å². The Kier molecular flexibility index (Phi) is 5.38. The van der Waals surface area contributed by atoms with Gasteiger partial charge < -0.3 is 14.0 Å². The molecule has 1 aromatic heterocycles. The Balaban J connectivity index is 0.00000169. The third-order valence-electron chi connectivity index (χ3n) is 4.23. The predicted molar refractivity (Wildman–Crippen MR) is 96.8 cm³/mol. The van der Waals surface area contributed by atoms with Crippen molar-refractivity contribution >= 4 is 23.4 Å². The number of hydrogen-bond donors (Lipinski definition) is 0. The van der Waals surface area contributed by atoms with E-state index in [0.717, 1.165) is 48.6 Å². The molecule has 0 spiro atoms. The predicted octanol–water partition coefficient (Wildman–Crippen LogP) is 4.39. The number of rotatable bonds is 5. The van der Waals surface area contributed by atoms with Crippen molar-refractivity contribution in [2.75, 3.05) is 13.2 Å². The van der Waals surface area contributed by atoms with Crippen LogP contribution in [0.5, 0.6) is 5.75 Å². The number of ether oxygens (including phenoxy) is 2. The van der Waals surface area contributed by atoms with Crippen LogP contribution in [-0.2, 0) is 11.3 Å². The zero-order valence-electron chi connectivity index (χ0n) is 13.4. The van der Waals surface area contributed by atoms with E-state index in [-0.39, 0.29) is 18.5 Å². The Bertz CT molecular complexity index is 782. The molecule has 1 fully saturated rings. The maximum atomic E-state index is 5.86. The lowest BCUT2D eigenvalue weighted by molar-refractivity contribution is 0.101. The molecule has 2 heterocycles. The molecule has 0 amide bonds. The summed E-state index contributed by atoms with van der Waals surface area (Å²) in [7, 11) is 0.